The van der Waals surface area contributed by atoms with E-state index >= 15 is 0 Å². The third-order valence-electron chi connectivity index (χ3n) is 4.57. The van der Waals surface area contributed by atoms with Gasteiger partial charge in [-0.15, -0.1) is 0 Å². The van der Waals surface area contributed by atoms with E-state index < -0.39 is 8.07 Å². The number of rotatable bonds is 4. The van der Waals surface area contributed by atoms with Crippen LogP contribution < -0.4 is 0 Å². The summed E-state index contributed by atoms with van der Waals surface area (Å²) in [6.07, 6.45) is 4.82. The second-order valence-corrected chi connectivity index (χ2v) is 10.4. The molecule has 0 nitrogen and oxygen atoms in total. The molecule has 2 heteroatoms. The van der Waals surface area contributed by atoms with Crippen molar-refractivity contribution in [2.45, 2.75) is 44.4 Å². The van der Waals surface area contributed by atoms with Gasteiger partial charge in [-0.2, -0.15) is 0 Å². The van der Waals surface area contributed by atoms with E-state index in [0.717, 1.165) is 5.54 Å². The van der Waals surface area contributed by atoms with Crippen molar-refractivity contribution in [2.24, 2.45) is 0 Å². The Kier molecular flexibility index (Phi) is 5.32. The molecule has 1 aromatic carbocycles. The van der Waals surface area contributed by atoms with E-state index in [-0.39, 0.29) is 18.9 Å². The SMILES string of the molecule is CC[Si](CC)(CC)C1C=Cc2ccccc21.[Li]. The van der Waals surface area contributed by atoms with Crippen LogP contribution in [0, 0.1) is 0 Å². The Hall–Kier alpha value is -0.226. The molecule has 17 heavy (non-hydrogen) atoms. The molecule has 2 rings (SSSR count). The molecule has 1 aliphatic rings. The topological polar surface area (TPSA) is 0 Å². The van der Waals surface area contributed by atoms with Gasteiger partial charge in [0.05, 0.1) is 8.07 Å². The standard InChI is InChI=1S/C15H22Si.Li/c1-4-16(5-2,6-3)15-12-11-13-9-7-8-10-14(13)15;/h7-12,15H,4-6H2,1-3H3;. The molecule has 0 heterocycles. The van der Waals surface area contributed by atoms with E-state index in [1.807, 2.05) is 0 Å². The van der Waals surface area contributed by atoms with Gasteiger partial charge in [-0.1, -0.05) is 75.3 Å². The van der Waals surface area contributed by atoms with Crippen LogP contribution in [0.5, 0.6) is 0 Å². The maximum Gasteiger partial charge on any atom is 0.0649 e. The van der Waals surface area contributed by atoms with E-state index in [1.165, 1.54) is 23.7 Å². The van der Waals surface area contributed by atoms with E-state index in [9.17, 15) is 0 Å². The predicted octanol–water partition coefficient (Wildman–Crippen LogP) is 4.46. The third kappa shape index (κ3) is 2.47. The zero-order valence-corrected chi connectivity index (χ0v) is 12.7. The number of hydrogen-bond acceptors (Lipinski definition) is 0. The van der Waals surface area contributed by atoms with Crippen LogP contribution >= 0.6 is 0 Å². The first-order valence-electron chi connectivity index (χ1n) is 6.54. The van der Waals surface area contributed by atoms with Crippen LogP contribution in [0.2, 0.25) is 18.1 Å². The van der Waals surface area contributed by atoms with Crippen molar-refractivity contribution in [1.29, 1.82) is 0 Å². The molecule has 0 spiro atoms. The van der Waals surface area contributed by atoms with Gasteiger partial charge in [-0.25, -0.2) is 0 Å². The zero-order valence-electron chi connectivity index (χ0n) is 11.7. The van der Waals surface area contributed by atoms with Gasteiger partial charge in [0.15, 0.2) is 0 Å². The number of hydrogen-bond donors (Lipinski definition) is 0. The number of allylic oxidation sites excluding steroid dienone is 1. The zero-order chi connectivity index (χ0) is 11.6. The van der Waals surface area contributed by atoms with Crippen LogP contribution in [0.15, 0.2) is 30.3 Å². The molecular weight excluding hydrogens is 215 g/mol. The first-order chi connectivity index (χ1) is 7.77. The minimum atomic E-state index is -1.12. The van der Waals surface area contributed by atoms with Gasteiger partial charge in [0.2, 0.25) is 0 Å². The van der Waals surface area contributed by atoms with Crippen LogP contribution in [-0.2, 0) is 0 Å². The first kappa shape index (κ1) is 14.8. The molecule has 0 aromatic heterocycles. The van der Waals surface area contributed by atoms with Crippen LogP contribution in [-0.4, -0.2) is 26.9 Å². The average Bonchev–Trinajstić information content (AvgIpc) is 2.77. The number of benzene rings is 1. The smallest absolute Gasteiger partial charge is 0.0649 e. The summed E-state index contributed by atoms with van der Waals surface area (Å²) in [6, 6.07) is 13.2. The molecule has 1 aliphatic carbocycles. The van der Waals surface area contributed by atoms with Crippen LogP contribution in [0.3, 0.4) is 0 Å². The van der Waals surface area contributed by atoms with Crippen LogP contribution in [0.1, 0.15) is 37.4 Å². The molecule has 1 atom stereocenters. The van der Waals surface area contributed by atoms with E-state index in [4.69, 9.17) is 0 Å². The maximum absolute atomic E-state index is 2.48. The summed E-state index contributed by atoms with van der Waals surface area (Å²) in [7, 11) is -1.12. The summed E-state index contributed by atoms with van der Waals surface area (Å²) in [6.45, 7) is 7.19. The monoisotopic (exact) mass is 237 g/mol. The molecule has 0 aliphatic heterocycles. The Balaban J connectivity index is 0.00000144. The molecule has 87 valence electrons. The van der Waals surface area contributed by atoms with Crippen molar-refractivity contribution in [3.05, 3.63) is 41.5 Å². The Morgan fingerprint density at radius 3 is 2.18 bits per heavy atom. The summed E-state index contributed by atoms with van der Waals surface area (Å²) >= 11 is 0. The van der Waals surface area contributed by atoms with Crippen molar-refractivity contribution in [3.8, 4) is 0 Å². The van der Waals surface area contributed by atoms with E-state index in [1.54, 1.807) is 5.56 Å². The fourth-order valence-electron chi connectivity index (χ4n) is 3.19. The molecule has 1 aromatic rings. The number of fused-ring (bicyclic) bond motifs is 1. The Morgan fingerprint density at radius 2 is 1.59 bits per heavy atom. The quantitative estimate of drug-likeness (QED) is 0.678. The van der Waals surface area contributed by atoms with E-state index in [2.05, 4.69) is 57.2 Å². The van der Waals surface area contributed by atoms with Gasteiger partial charge in [-0.05, 0) is 16.7 Å². The fourth-order valence-corrected chi connectivity index (χ4v) is 7.44. The fraction of sp³-hybridized carbons (Fsp3) is 0.467. The van der Waals surface area contributed by atoms with Crippen molar-refractivity contribution >= 4 is 33.0 Å². The molecule has 0 amide bonds. The molecule has 1 radical (unpaired) electrons. The van der Waals surface area contributed by atoms with Gasteiger partial charge in [0.25, 0.3) is 0 Å². The second kappa shape index (κ2) is 6.09. The van der Waals surface area contributed by atoms with Gasteiger partial charge in [0, 0.05) is 18.9 Å². The van der Waals surface area contributed by atoms with Gasteiger partial charge in [-0.3, -0.25) is 0 Å². The molecule has 1 unspecified atom stereocenters. The third-order valence-corrected chi connectivity index (χ3v) is 10.6. The summed E-state index contributed by atoms with van der Waals surface area (Å²) < 4.78 is 0. The summed E-state index contributed by atoms with van der Waals surface area (Å²) in [5.74, 6) is 0. The van der Waals surface area contributed by atoms with Gasteiger partial charge >= 0.3 is 0 Å². The minimum Gasteiger partial charge on any atom is -0.0791 e. The van der Waals surface area contributed by atoms with Crippen LogP contribution in [0.25, 0.3) is 6.08 Å². The molecule has 0 bridgehead atoms. The van der Waals surface area contributed by atoms with Crippen LogP contribution in [0.4, 0.5) is 0 Å². The molecule has 0 fully saturated rings. The summed E-state index contributed by atoms with van der Waals surface area (Å²) in [5, 5.41) is 0. The van der Waals surface area contributed by atoms with Crippen molar-refractivity contribution in [1.82, 2.24) is 0 Å². The Bertz CT molecular complexity index is 385. The maximum atomic E-state index is 2.48. The average molecular weight is 237 g/mol. The van der Waals surface area contributed by atoms with Gasteiger partial charge < -0.3 is 0 Å². The van der Waals surface area contributed by atoms with Crippen molar-refractivity contribution in [2.75, 3.05) is 0 Å². The minimum absolute atomic E-state index is 0. The summed E-state index contributed by atoms with van der Waals surface area (Å²) in [4.78, 5) is 0. The molecule has 0 saturated heterocycles. The second-order valence-electron chi connectivity index (χ2n) is 4.89. The normalized spacial score (nSPS) is 17.7. The molecule has 0 saturated carbocycles. The molecular formula is C15H22LiSi. The van der Waals surface area contributed by atoms with Crippen molar-refractivity contribution in [3.63, 3.8) is 0 Å². The Morgan fingerprint density at radius 1 is 1.00 bits per heavy atom. The first-order valence-corrected chi connectivity index (χ1v) is 9.24. The molecule has 0 N–H and O–H groups in total. The van der Waals surface area contributed by atoms with Gasteiger partial charge in [0.1, 0.15) is 0 Å². The largest absolute Gasteiger partial charge is 0.0791 e. The summed E-state index contributed by atoms with van der Waals surface area (Å²) in [5.41, 5.74) is 3.82. The van der Waals surface area contributed by atoms with Crippen molar-refractivity contribution < 1.29 is 0 Å². The Labute approximate surface area is 119 Å². The predicted molar refractivity (Wildman–Crippen MR) is 81.2 cm³/mol. The van der Waals surface area contributed by atoms with E-state index in [0.29, 0.717) is 0 Å².